The lowest BCUT2D eigenvalue weighted by molar-refractivity contribution is -0.133. The van der Waals surface area contributed by atoms with Crippen LogP contribution in [0.1, 0.15) is 27.7 Å². The molecule has 0 aromatic carbocycles. The van der Waals surface area contributed by atoms with Crippen LogP contribution >= 0.6 is 0 Å². The highest BCUT2D eigenvalue weighted by molar-refractivity contribution is 6.00. The van der Waals surface area contributed by atoms with Gasteiger partial charge >= 0.3 is 6.03 Å². The van der Waals surface area contributed by atoms with Gasteiger partial charge in [0.15, 0.2) is 0 Å². The SMILES string of the molecule is CC1(C)NC(=O)NC(=O)C1(C)C. The fourth-order valence-electron chi connectivity index (χ4n) is 1.01. The highest BCUT2D eigenvalue weighted by Crippen LogP contribution is 2.32. The maximum absolute atomic E-state index is 11.4. The molecule has 3 amide bonds. The van der Waals surface area contributed by atoms with Crippen LogP contribution in [-0.2, 0) is 4.79 Å². The zero-order chi connectivity index (χ0) is 9.57. The van der Waals surface area contributed by atoms with Crippen molar-refractivity contribution < 1.29 is 9.59 Å². The van der Waals surface area contributed by atoms with E-state index in [-0.39, 0.29) is 5.91 Å². The van der Waals surface area contributed by atoms with Crippen LogP contribution < -0.4 is 10.6 Å². The quantitative estimate of drug-likeness (QED) is 0.560. The Kier molecular flexibility index (Phi) is 1.67. The Bertz CT molecular complexity index is 243. The van der Waals surface area contributed by atoms with Gasteiger partial charge in [-0.1, -0.05) is 0 Å². The van der Waals surface area contributed by atoms with E-state index < -0.39 is 17.0 Å². The molecule has 1 heterocycles. The van der Waals surface area contributed by atoms with Crippen molar-refractivity contribution in [1.82, 2.24) is 10.6 Å². The average molecular weight is 170 g/mol. The second-order valence-corrected chi connectivity index (χ2v) is 4.16. The number of hydrogen-bond donors (Lipinski definition) is 2. The molecule has 0 aliphatic carbocycles. The molecule has 1 aliphatic rings. The Morgan fingerprint density at radius 1 is 1.08 bits per heavy atom. The molecule has 2 N–H and O–H groups in total. The molecule has 0 unspecified atom stereocenters. The summed E-state index contributed by atoms with van der Waals surface area (Å²) in [6.07, 6.45) is 0. The van der Waals surface area contributed by atoms with E-state index in [0.29, 0.717) is 0 Å². The van der Waals surface area contributed by atoms with E-state index in [4.69, 9.17) is 0 Å². The highest BCUT2D eigenvalue weighted by atomic mass is 16.2. The van der Waals surface area contributed by atoms with E-state index >= 15 is 0 Å². The molecule has 4 nitrogen and oxygen atoms in total. The van der Waals surface area contributed by atoms with Gasteiger partial charge in [0.25, 0.3) is 0 Å². The lowest BCUT2D eigenvalue weighted by Crippen LogP contribution is -2.67. The summed E-state index contributed by atoms with van der Waals surface area (Å²) in [6, 6.07) is -0.413. The van der Waals surface area contributed by atoms with E-state index in [0.717, 1.165) is 0 Å². The molecule has 1 rings (SSSR count). The third-order valence-corrected chi connectivity index (χ3v) is 2.78. The second kappa shape index (κ2) is 2.21. The summed E-state index contributed by atoms with van der Waals surface area (Å²) in [5.74, 6) is -0.226. The third kappa shape index (κ3) is 1.07. The molecule has 0 aromatic rings. The molecular weight excluding hydrogens is 156 g/mol. The first-order valence-corrected chi connectivity index (χ1v) is 3.91. The van der Waals surface area contributed by atoms with Gasteiger partial charge in [0.1, 0.15) is 0 Å². The van der Waals surface area contributed by atoms with Crippen molar-refractivity contribution >= 4 is 11.9 Å². The number of amides is 3. The summed E-state index contributed by atoms with van der Waals surface area (Å²) in [5, 5.41) is 4.94. The molecule has 1 saturated heterocycles. The van der Waals surface area contributed by atoms with Gasteiger partial charge in [0.2, 0.25) is 5.91 Å². The van der Waals surface area contributed by atoms with Gasteiger partial charge in [0, 0.05) is 0 Å². The molecule has 0 saturated carbocycles. The number of hydrogen-bond acceptors (Lipinski definition) is 2. The fraction of sp³-hybridized carbons (Fsp3) is 0.750. The lowest BCUT2D eigenvalue weighted by atomic mass is 9.72. The molecule has 0 radical (unpaired) electrons. The molecule has 12 heavy (non-hydrogen) atoms. The number of urea groups is 1. The van der Waals surface area contributed by atoms with Crippen LogP contribution in [0.25, 0.3) is 0 Å². The van der Waals surface area contributed by atoms with E-state index in [1.165, 1.54) is 0 Å². The Morgan fingerprint density at radius 3 is 2.00 bits per heavy atom. The maximum Gasteiger partial charge on any atom is 0.321 e. The van der Waals surface area contributed by atoms with Gasteiger partial charge in [0.05, 0.1) is 11.0 Å². The molecule has 68 valence electrons. The summed E-state index contributed by atoms with van der Waals surface area (Å²) < 4.78 is 0. The van der Waals surface area contributed by atoms with Crippen molar-refractivity contribution in [3.05, 3.63) is 0 Å². The molecule has 0 aromatic heterocycles. The van der Waals surface area contributed by atoms with Crippen LogP contribution in [-0.4, -0.2) is 17.5 Å². The van der Waals surface area contributed by atoms with Gasteiger partial charge in [-0.15, -0.1) is 0 Å². The largest absolute Gasteiger partial charge is 0.332 e. The van der Waals surface area contributed by atoms with E-state index in [1.807, 2.05) is 27.7 Å². The normalized spacial score (nSPS) is 26.0. The Labute approximate surface area is 71.7 Å². The standard InChI is InChI=1S/C8H14N2O2/c1-7(2)5(11)9-6(12)10-8(7,3)4/h1-4H3,(H2,9,10,11,12). The van der Waals surface area contributed by atoms with E-state index in [1.54, 1.807) is 0 Å². The molecule has 0 bridgehead atoms. The third-order valence-electron chi connectivity index (χ3n) is 2.78. The van der Waals surface area contributed by atoms with Crippen molar-refractivity contribution in [1.29, 1.82) is 0 Å². The summed E-state index contributed by atoms with van der Waals surface area (Å²) in [5.41, 5.74) is -1.06. The zero-order valence-electron chi connectivity index (χ0n) is 7.82. The Hall–Kier alpha value is -1.06. The summed E-state index contributed by atoms with van der Waals surface area (Å²) in [7, 11) is 0. The van der Waals surface area contributed by atoms with Crippen LogP contribution in [0.15, 0.2) is 0 Å². The zero-order valence-corrected chi connectivity index (χ0v) is 7.82. The summed E-state index contributed by atoms with van der Waals surface area (Å²) in [6.45, 7) is 7.29. The first-order chi connectivity index (χ1) is 5.27. The molecule has 4 heteroatoms. The van der Waals surface area contributed by atoms with E-state index in [2.05, 4.69) is 10.6 Å². The Balaban J connectivity index is 3.02. The van der Waals surface area contributed by atoms with Gasteiger partial charge in [-0.05, 0) is 27.7 Å². The van der Waals surface area contributed by atoms with Crippen LogP contribution in [0.3, 0.4) is 0 Å². The van der Waals surface area contributed by atoms with Crippen molar-refractivity contribution in [2.45, 2.75) is 33.2 Å². The molecule has 1 fully saturated rings. The number of carbonyl (C=O) groups excluding carboxylic acids is 2. The van der Waals surface area contributed by atoms with Crippen LogP contribution in [0, 0.1) is 5.41 Å². The summed E-state index contributed by atoms with van der Waals surface area (Å²) >= 11 is 0. The minimum Gasteiger partial charge on any atom is -0.332 e. The van der Waals surface area contributed by atoms with Gasteiger partial charge in [-0.25, -0.2) is 4.79 Å². The minimum atomic E-state index is -0.569. The molecule has 0 spiro atoms. The highest BCUT2D eigenvalue weighted by Gasteiger charge is 2.48. The molecule has 0 atom stereocenters. The number of carbonyl (C=O) groups is 2. The maximum atomic E-state index is 11.4. The average Bonchev–Trinajstić information content (AvgIpc) is 1.82. The first kappa shape index (κ1) is 9.03. The van der Waals surface area contributed by atoms with Crippen LogP contribution in [0.5, 0.6) is 0 Å². The van der Waals surface area contributed by atoms with Crippen LogP contribution in [0.2, 0.25) is 0 Å². The number of imide groups is 1. The monoisotopic (exact) mass is 170 g/mol. The van der Waals surface area contributed by atoms with Crippen molar-refractivity contribution in [3.8, 4) is 0 Å². The van der Waals surface area contributed by atoms with Gasteiger partial charge in [-0.2, -0.15) is 0 Å². The molecular formula is C8H14N2O2. The molecule has 1 aliphatic heterocycles. The topological polar surface area (TPSA) is 58.2 Å². The lowest BCUT2D eigenvalue weighted by Gasteiger charge is -2.44. The van der Waals surface area contributed by atoms with Gasteiger partial charge in [-0.3, -0.25) is 10.1 Å². The fourth-order valence-corrected chi connectivity index (χ4v) is 1.01. The van der Waals surface area contributed by atoms with Crippen LogP contribution in [0.4, 0.5) is 4.79 Å². The predicted octanol–water partition coefficient (Wildman–Crippen LogP) is 0.631. The minimum absolute atomic E-state index is 0.226. The van der Waals surface area contributed by atoms with Gasteiger partial charge < -0.3 is 5.32 Å². The van der Waals surface area contributed by atoms with Crippen molar-refractivity contribution in [3.63, 3.8) is 0 Å². The summed E-state index contributed by atoms with van der Waals surface area (Å²) in [4.78, 5) is 22.3. The van der Waals surface area contributed by atoms with E-state index in [9.17, 15) is 9.59 Å². The smallest absolute Gasteiger partial charge is 0.321 e. The predicted molar refractivity (Wildman–Crippen MR) is 44.5 cm³/mol. The number of rotatable bonds is 0. The Morgan fingerprint density at radius 2 is 1.58 bits per heavy atom. The second-order valence-electron chi connectivity index (χ2n) is 4.16. The first-order valence-electron chi connectivity index (χ1n) is 3.91. The van der Waals surface area contributed by atoms with Crippen molar-refractivity contribution in [2.24, 2.45) is 5.41 Å². The van der Waals surface area contributed by atoms with Crippen molar-refractivity contribution in [2.75, 3.05) is 0 Å². The number of nitrogens with one attached hydrogen (secondary N) is 2.